The minimum absolute atomic E-state index is 0.112. The zero-order valence-corrected chi connectivity index (χ0v) is 11.9. The maximum atomic E-state index is 12.0. The van der Waals surface area contributed by atoms with Crippen molar-refractivity contribution in [2.75, 3.05) is 12.9 Å². The van der Waals surface area contributed by atoms with Crippen molar-refractivity contribution in [2.24, 2.45) is 0 Å². The van der Waals surface area contributed by atoms with Gasteiger partial charge in [-0.2, -0.15) is 0 Å². The topological polar surface area (TPSA) is 37.4 Å². The van der Waals surface area contributed by atoms with Crippen LogP contribution in [0.2, 0.25) is 0 Å². The molecular formula is C12H18ClNO2S. The van der Waals surface area contributed by atoms with Gasteiger partial charge in [0.2, 0.25) is 10.0 Å². The Hall–Kier alpha value is -0.580. The van der Waals surface area contributed by atoms with Crippen molar-refractivity contribution in [3.63, 3.8) is 0 Å². The number of nitrogens with zero attached hydrogens (tertiary/aromatic N) is 1. The van der Waals surface area contributed by atoms with E-state index < -0.39 is 15.3 Å². The number of rotatable bonds is 5. The molecule has 0 bridgehead atoms. The van der Waals surface area contributed by atoms with Gasteiger partial charge in [0, 0.05) is 19.5 Å². The van der Waals surface area contributed by atoms with Gasteiger partial charge in [0.1, 0.15) is 0 Å². The van der Waals surface area contributed by atoms with E-state index in [9.17, 15) is 8.42 Å². The molecule has 0 aromatic heterocycles. The van der Waals surface area contributed by atoms with Gasteiger partial charge >= 0.3 is 0 Å². The fourth-order valence-corrected chi connectivity index (χ4v) is 3.01. The Labute approximate surface area is 108 Å². The van der Waals surface area contributed by atoms with Crippen LogP contribution in [-0.2, 0) is 16.6 Å². The van der Waals surface area contributed by atoms with E-state index in [-0.39, 0.29) is 5.88 Å². The van der Waals surface area contributed by atoms with E-state index in [1.165, 1.54) is 4.31 Å². The predicted octanol–water partition coefficient (Wildman–Crippen LogP) is 2.38. The van der Waals surface area contributed by atoms with Crippen LogP contribution in [0.1, 0.15) is 18.1 Å². The number of benzene rings is 1. The lowest BCUT2D eigenvalue weighted by molar-refractivity contribution is 0.460. The van der Waals surface area contributed by atoms with Gasteiger partial charge < -0.3 is 0 Å². The van der Waals surface area contributed by atoms with E-state index in [0.717, 1.165) is 11.1 Å². The molecule has 17 heavy (non-hydrogen) atoms. The molecule has 5 heteroatoms. The highest BCUT2D eigenvalue weighted by Crippen LogP contribution is 2.13. The van der Waals surface area contributed by atoms with Crippen LogP contribution in [0.4, 0.5) is 0 Å². The van der Waals surface area contributed by atoms with E-state index >= 15 is 0 Å². The lowest BCUT2D eigenvalue weighted by Crippen LogP contribution is -2.35. The van der Waals surface area contributed by atoms with Crippen molar-refractivity contribution >= 4 is 21.6 Å². The van der Waals surface area contributed by atoms with Gasteiger partial charge in [-0.15, -0.1) is 11.6 Å². The minimum atomic E-state index is -3.30. The van der Waals surface area contributed by atoms with E-state index in [1.807, 2.05) is 31.2 Å². The molecule has 1 unspecified atom stereocenters. The van der Waals surface area contributed by atoms with Crippen molar-refractivity contribution in [1.29, 1.82) is 0 Å². The van der Waals surface area contributed by atoms with Crippen LogP contribution in [0, 0.1) is 6.92 Å². The zero-order valence-electron chi connectivity index (χ0n) is 10.4. The SMILES string of the molecule is Cc1ccc(CN(C)S(=O)(=O)C(C)CCl)cc1. The summed E-state index contributed by atoms with van der Waals surface area (Å²) in [6.07, 6.45) is 0. The number of halogens is 1. The molecule has 0 fully saturated rings. The number of alkyl halides is 1. The highest BCUT2D eigenvalue weighted by atomic mass is 35.5. The second-order valence-electron chi connectivity index (χ2n) is 4.25. The van der Waals surface area contributed by atoms with Gasteiger partial charge in [-0.3, -0.25) is 0 Å². The molecule has 3 nitrogen and oxygen atoms in total. The standard InChI is InChI=1S/C12H18ClNO2S/c1-10-4-6-12(7-5-10)9-14(3)17(15,16)11(2)8-13/h4-7,11H,8-9H2,1-3H3. The molecule has 0 saturated carbocycles. The summed E-state index contributed by atoms with van der Waals surface area (Å²) in [5.74, 6) is 0.112. The Balaban J connectivity index is 2.79. The molecule has 0 aliphatic heterocycles. The molecule has 0 heterocycles. The molecule has 0 amide bonds. The van der Waals surface area contributed by atoms with E-state index in [0.29, 0.717) is 6.54 Å². The average molecular weight is 276 g/mol. The first kappa shape index (κ1) is 14.5. The molecule has 0 aliphatic rings. The fraction of sp³-hybridized carbons (Fsp3) is 0.500. The first-order chi connectivity index (χ1) is 7.87. The molecule has 1 rings (SSSR count). The van der Waals surface area contributed by atoms with Crippen LogP contribution in [0.5, 0.6) is 0 Å². The molecule has 1 aromatic carbocycles. The van der Waals surface area contributed by atoms with Gasteiger partial charge in [0.25, 0.3) is 0 Å². The predicted molar refractivity (Wildman–Crippen MR) is 71.7 cm³/mol. The highest BCUT2D eigenvalue weighted by Gasteiger charge is 2.24. The largest absolute Gasteiger partial charge is 0.217 e. The third kappa shape index (κ3) is 3.69. The number of hydrogen-bond acceptors (Lipinski definition) is 2. The van der Waals surface area contributed by atoms with Crippen molar-refractivity contribution < 1.29 is 8.42 Å². The van der Waals surface area contributed by atoms with Crippen molar-refractivity contribution in [3.05, 3.63) is 35.4 Å². The molecule has 0 radical (unpaired) electrons. The third-order valence-electron chi connectivity index (χ3n) is 2.69. The summed E-state index contributed by atoms with van der Waals surface area (Å²) < 4.78 is 25.3. The van der Waals surface area contributed by atoms with Gasteiger partial charge in [-0.1, -0.05) is 29.8 Å². The maximum Gasteiger partial charge on any atom is 0.217 e. The first-order valence-electron chi connectivity index (χ1n) is 5.44. The monoisotopic (exact) mass is 275 g/mol. The van der Waals surface area contributed by atoms with Gasteiger partial charge in [0.15, 0.2) is 0 Å². The second kappa shape index (κ2) is 5.85. The van der Waals surface area contributed by atoms with Crippen LogP contribution >= 0.6 is 11.6 Å². The van der Waals surface area contributed by atoms with Gasteiger partial charge in [0.05, 0.1) is 5.25 Å². The van der Waals surface area contributed by atoms with Crippen molar-refractivity contribution in [3.8, 4) is 0 Å². The summed E-state index contributed by atoms with van der Waals surface area (Å²) in [7, 11) is -1.71. The van der Waals surface area contributed by atoms with Crippen LogP contribution in [0.3, 0.4) is 0 Å². The average Bonchev–Trinajstić information content (AvgIpc) is 2.30. The summed E-state index contributed by atoms with van der Waals surface area (Å²) in [4.78, 5) is 0. The van der Waals surface area contributed by atoms with Crippen LogP contribution in [-0.4, -0.2) is 30.9 Å². The van der Waals surface area contributed by atoms with E-state index in [2.05, 4.69) is 0 Å². The molecule has 1 aromatic rings. The molecule has 0 saturated heterocycles. The quantitative estimate of drug-likeness (QED) is 0.774. The zero-order chi connectivity index (χ0) is 13.1. The Morgan fingerprint density at radius 2 is 1.82 bits per heavy atom. The Bertz CT molecular complexity index is 456. The lowest BCUT2D eigenvalue weighted by Gasteiger charge is -2.20. The number of aryl methyl sites for hydroxylation is 1. The van der Waals surface area contributed by atoms with Gasteiger partial charge in [-0.25, -0.2) is 12.7 Å². The Morgan fingerprint density at radius 3 is 2.29 bits per heavy atom. The maximum absolute atomic E-state index is 12.0. The summed E-state index contributed by atoms with van der Waals surface area (Å²) in [5, 5.41) is -0.556. The van der Waals surface area contributed by atoms with Gasteiger partial charge in [-0.05, 0) is 19.4 Å². The van der Waals surface area contributed by atoms with Crippen LogP contribution in [0.15, 0.2) is 24.3 Å². The second-order valence-corrected chi connectivity index (χ2v) is 7.02. The summed E-state index contributed by atoms with van der Waals surface area (Å²) in [6.45, 7) is 4.00. The summed E-state index contributed by atoms with van der Waals surface area (Å²) in [5.41, 5.74) is 2.14. The molecular weight excluding hydrogens is 258 g/mol. The van der Waals surface area contributed by atoms with Crippen LogP contribution in [0.25, 0.3) is 0 Å². The van der Waals surface area contributed by atoms with E-state index in [4.69, 9.17) is 11.6 Å². The van der Waals surface area contributed by atoms with Crippen molar-refractivity contribution in [1.82, 2.24) is 4.31 Å². The number of hydrogen-bond donors (Lipinski definition) is 0. The summed E-state index contributed by atoms with van der Waals surface area (Å²) in [6, 6.07) is 7.82. The fourth-order valence-electron chi connectivity index (χ4n) is 1.43. The molecule has 96 valence electrons. The molecule has 1 atom stereocenters. The smallest absolute Gasteiger partial charge is 0.212 e. The Morgan fingerprint density at radius 1 is 1.29 bits per heavy atom. The number of sulfonamides is 1. The first-order valence-corrected chi connectivity index (χ1v) is 7.48. The van der Waals surface area contributed by atoms with Crippen LogP contribution < -0.4 is 0 Å². The molecule has 0 aliphatic carbocycles. The molecule has 0 spiro atoms. The van der Waals surface area contributed by atoms with Crippen molar-refractivity contribution in [2.45, 2.75) is 25.6 Å². The lowest BCUT2D eigenvalue weighted by atomic mass is 10.1. The Kier molecular flexibility index (Phi) is 4.98. The minimum Gasteiger partial charge on any atom is -0.212 e. The highest BCUT2D eigenvalue weighted by molar-refractivity contribution is 7.89. The van der Waals surface area contributed by atoms with E-state index in [1.54, 1.807) is 14.0 Å². The normalized spacial score (nSPS) is 13.9. The summed E-state index contributed by atoms with van der Waals surface area (Å²) >= 11 is 5.60. The third-order valence-corrected chi connectivity index (χ3v) is 5.51. The molecule has 0 N–H and O–H groups in total.